The van der Waals surface area contributed by atoms with Crippen LogP contribution in [0.25, 0.3) is 6.08 Å². The number of hydrogen-bond donors (Lipinski definition) is 0. The first-order valence-electron chi connectivity index (χ1n) is 6.20. The number of ether oxygens (including phenoxy) is 1. The van der Waals surface area contributed by atoms with E-state index in [9.17, 15) is 4.79 Å². The summed E-state index contributed by atoms with van der Waals surface area (Å²) in [4.78, 5) is 11.3. The van der Waals surface area contributed by atoms with Crippen LogP contribution < -0.4 is 0 Å². The largest absolute Gasteiger partial charge is 0.465 e. The molecule has 1 aromatic heterocycles. The topological polar surface area (TPSA) is 39.4 Å². The van der Waals surface area contributed by atoms with Gasteiger partial charge in [-0.2, -0.15) is 0 Å². The van der Waals surface area contributed by atoms with E-state index in [1.807, 2.05) is 26.0 Å². The number of hydrogen-bond acceptors (Lipinski definition) is 3. The molecular formula is C16H20O3. The highest BCUT2D eigenvalue weighted by molar-refractivity contribution is 5.89. The molecule has 0 spiro atoms. The first-order chi connectivity index (χ1) is 9.06. The van der Waals surface area contributed by atoms with Gasteiger partial charge in [0.25, 0.3) is 0 Å². The Bertz CT molecular complexity index is 504. The minimum Gasteiger partial charge on any atom is -0.465 e. The van der Waals surface area contributed by atoms with E-state index in [1.165, 1.54) is 24.5 Å². The Balaban J connectivity index is 2.61. The van der Waals surface area contributed by atoms with Crippen LogP contribution in [0.3, 0.4) is 0 Å². The van der Waals surface area contributed by atoms with Gasteiger partial charge in [-0.1, -0.05) is 29.9 Å². The molecule has 0 fully saturated rings. The van der Waals surface area contributed by atoms with Crippen molar-refractivity contribution < 1.29 is 13.9 Å². The van der Waals surface area contributed by atoms with Gasteiger partial charge in [0.2, 0.25) is 0 Å². The Morgan fingerprint density at radius 3 is 2.84 bits per heavy atom. The fourth-order valence-corrected chi connectivity index (χ4v) is 1.58. The standard InChI is InChI=1S/C16H20O3/c1-5-12(2)7-6-8-13(3)9-15-10-14(11-19-15)16(17)18-4/h5,7,9-11H,1,6,8H2,2-4H3/b12-7+,13-9+. The summed E-state index contributed by atoms with van der Waals surface area (Å²) >= 11 is 0. The molecule has 0 N–H and O–H groups in total. The van der Waals surface area contributed by atoms with Gasteiger partial charge in [-0.05, 0) is 38.8 Å². The van der Waals surface area contributed by atoms with Gasteiger partial charge in [-0.3, -0.25) is 0 Å². The minimum atomic E-state index is -0.384. The van der Waals surface area contributed by atoms with Crippen molar-refractivity contribution in [3.05, 3.63) is 53.5 Å². The van der Waals surface area contributed by atoms with Crippen molar-refractivity contribution >= 4 is 12.0 Å². The van der Waals surface area contributed by atoms with Crippen LogP contribution in [-0.2, 0) is 4.74 Å². The monoisotopic (exact) mass is 260 g/mol. The third-order valence-corrected chi connectivity index (χ3v) is 2.76. The molecule has 0 aliphatic rings. The van der Waals surface area contributed by atoms with E-state index in [-0.39, 0.29) is 5.97 Å². The zero-order chi connectivity index (χ0) is 14.3. The molecule has 0 unspecified atom stereocenters. The van der Waals surface area contributed by atoms with Crippen LogP contribution in [0.2, 0.25) is 0 Å². The molecular weight excluding hydrogens is 240 g/mol. The number of allylic oxidation sites excluding steroid dienone is 4. The molecule has 0 saturated heterocycles. The highest BCUT2D eigenvalue weighted by Crippen LogP contribution is 2.15. The number of furan rings is 1. The normalized spacial score (nSPS) is 12.4. The Hall–Kier alpha value is -2.03. The Morgan fingerprint density at radius 2 is 2.21 bits per heavy atom. The van der Waals surface area contributed by atoms with Gasteiger partial charge in [-0.15, -0.1) is 0 Å². The van der Waals surface area contributed by atoms with Crippen molar-refractivity contribution in [2.75, 3.05) is 7.11 Å². The highest BCUT2D eigenvalue weighted by Gasteiger charge is 2.08. The minimum absolute atomic E-state index is 0.384. The second-order valence-corrected chi connectivity index (χ2v) is 4.41. The van der Waals surface area contributed by atoms with Gasteiger partial charge >= 0.3 is 5.97 Å². The first-order valence-corrected chi connectivity index (χ1v) is 6.20. The third kappa shape index (κ3) is 5.00. The number of esters is 1. The van der Waals surface area contributed by atoms with Crippen molar-refractivity contribution in [2.45, 2.75) is 26.7 Å². The van der Waals surface area contributed by atoms with Gasteiger partial charge in [0.05, 0.1) is 12.7 Å². The van der Waals surface area contributed by atoms with E-state index in [1.54, 1.807) is 6.07 Å². The summed E-state index contributed by atoms with van der Waals surface area (Å²) in [6, 6.07) is 1.68. The third-order valence-electron chi connectivity index (χ3n) is 2.76. The lowest BCUT2D eigenvalue weighted by Crippen LogP contribution is -1.98. The summed E-state index contributed by atoms with van der Waals surface area (Å²) in [6.45, 7) is 7.78. The lowest BCUT2D eigenvalue weighted by Gasteiger charge is -1.97. The molecule has 19 heavy (non-hydrogen) atoms. The average molecular weight is 260 g/mol. The summed E-state index contributed by atoms with van der Waals surface area (Å²) in [6.07, 6.45) is 9.24. The van der Waals surface area contributed by atoms with E-state index in [0.29, 0.717) is 11.3 Å². The summed E-state index contributed by atoms with van der Waals surface area (Å²) in [5.41, 5.74) is 2.81. The van der Waals surface area contributed by atoms with Crippen LogP contribution in [0.5, 0.6) is 0 Å². The summed E-state index contributed by atoms with van der Waals surface area (Å²) in [5, 5.41) is 0. The van der Waals surface area contributed by atoms with Gasteiger partial charge in [-0.25, -0.2) is 4.79 Å². The van der Waals surface area contributed by atoms with Gasteiger partial charge < -0.3 is 9.15 Å². The Morgan fingerprint density at radius 1 is 1.47 bits per heavy atom. The number of carbonyl (C=O) groups is 1. The van der Waals surface area contributed by atoms with E-state index in [4.69, 9.17) is 4.42 Å². The second-order valence-electron chi connectivity index (χ2n) is 4.41. The summed E-state index contributed by atoms with van der Waals surface area (Å²) in [7, 11) is 1.35. The Labute approximate surface area is 114 Å². The van der Waals surface area contributed by atoms with E-state index in [0.717, 1.165) is 12.8 Å². The van der Waals surface area contributed by atoms with Crippen LogP contribution in [0, 0.1) is 0 Å². The molecule has 1 heterocycles. The van der Waals surface area contributed by atoms with Crippen LogP contribution in [0.15, 0.2) is 46.6 Å². The molecule has 0 atom stereocenters. The fraction of sp³-hybridized carbons (Fsp3) is 0.312. The molecule has 0 aromatic carbocycles. The van der Waals surface area contributed by atoms with Crippen molar-refractivity contribution in [1.29, 1.82) is 0 Å². The van der Waals surface area contributed by atoms with Crippen molar-refractivity contribution in [2.24, 2.45) is 0 Å². The van der Waals surface area contributed by atoms with Crippen molar-refractivity contribution in [3.8, 4) is 0 Å². The van der Waals surface area contributed by atoms with Crippen molar-refractivity contribution in [3.63, 3.8) is 0 Å². The molecule has 1 rings (SSSR count). The van der Waals surface area contributed by atoms with E-state index >= 15 is 0 Å². The predicted octanol–water partition coefficient (Wildman–Crippen LogP) is 4.38. The maximum Gasteiger partial charge on any atom is 0.341 e. The summed E-state index contributed by atoms with van der Waals surface area (Å²) < 4.78 is 9.92. The SMILES string of the molecule is C=C/C(C)=C/CC/C(C)=C/c1cc(C(=O)OC)co1. The van der Waals surface area contributed by atoms with Gasteiger partial charge in [0, 0.05) is 0 Å². The number of rotatable bonds is 6. The molecule has 0 radical (unpaired) electrons. The average Bonchev–Trinajstić information content (AvgIpc) is 2.85. The molecule has 3 heteroatoms. The molecule has 0 bridgehead atoms. The van der Waals surface area contributed by atoms with Crippen LogP contribution in [0.4, 0.5) is 0 Å². The van der Waals surface area contributed by atoms with Gasteiger partial charge in [0.1, 0.15) is 12.0 Å². The van der Waals surface area contributed by atoms with Crippen LogP contribution in [0.1, 0.15) is 42.8 Å². The first kappa shape index (κ1) is 15.0. The molecule has 0 saturated carbocycles. The highest BCUT2D eigenvalue weighted by atomic mass is 16.5. The molecule has 0 aliphatic carbocycles. The summed E-state index contributed by atoms with van der Waals surface area (Å²) in [5.74, 6) is 0.285. The smallest absolute Gasteiger partial charge is 0.341 e. The molecule has 1 aromatic rings. The fourth-order valence-electron chi connectivity index (χ4n) is 1.58. The number of methoxy groups -OCH3 is 1. The quantitative estimate of drug-likeness (QED) is 0.562. The molecule has 102 valence electrons. The second kappa shape index (κ2) is 7.41. The van der Waals surface area contributed by atoms with Crippen LogP contribution >= 0.6 is 0 Å². The van der Waals surface area contributed by atoms with E-state index < -0.39 is 0 Å². The van der Waals surface area contributed by atoms with Crippen molar-refractivity contribution in [1.82, 2.24) is 0 Å². The predicted molar refractivity (Wildman–Crippen MR) is 76.9 cm³/mol. The molecule has 0 amide bonds. The zero-order valence-electron chi connectivity index (χ0n) is 11.7. The molecule has 0 aliphatic heterocycles. The lowest BCUT2D eigenvalue weighted by molar-refractivity contribution is 0.0600. The number of carbonyl (C=O) groups excluding carboxylic acids is 1. The maximum absolute atomic E-state index is 11.3. The van der Waals surface area contributed by atoms with E-state index in [2.05, 4.69) is 17.4 Å². The lowest BCUT2D eigenvalue weighted by atomic mass is 10.1. The van der Waals surface area contributed by atoms with Crippen LogP contribution in [-0.4, -0.2) is 13.1 Å². The molecule has 3 nitrogen and oxygen atoms in total. The van der Waals surface area contributed by atoms with Gasteiger partial charge in [0.15, 0.2) is 0 Å². The Kier molecular flexibility index (Phi) is 5.86. The maximum atomic E-state index is 11.3. The zero-order valence-corrected chi connectivity index (χ0v) is 11.7.